The number of rotatable bonds is 5. The van der Waals surface area contributed by atoms with Crippen molar-refractivity contribution >= 4 is 12.0 Å². The van der Waals surface area contributed by atoms with E-state index in [1.165, 1.54) is 16.7 Å². The predicted molar refractivity (Wildman–Crippen MR) is 107 cm³/mol. The SMILES string of the molecule is O=C(/C=C/c1ccc(Cc2cnc[nH]2)cc1)NC1CCCc2ccccc21. The van der Waals surface area contributed by atoms with Gasteiger partial charge in [-0.3, -0.25) is 4.79 Å². The first-order valence-electron chi connectivity index (χ1n) is 9.40. The maximum atomic E-state index is 12.4. The Morgan fingerprint density at radius 1 is 1.19 bits per heavy atom. The van der Waals surface area contributed by atoms with Crippen LogP contribution >= 0.6 is 0 Å². The molecule has 0 fully saturated rings. The molecule has 2 N–H and O–H groups in total. The third kappa shape index (κ3) is 4.34. The molecule has 0 spiro atoms. The standard InChI is InChI=1S/C23H23N3O/c27-23(26-22-7-3-5-19-4-1-2-6-21(19)22)13-12-17-8-10-18(11-9-17)14-20-15-24-16-25-20/h1-2,4,6,8-13,15-16,22H,3,5,7,14H2,(H,24,25)(H,26,27)/b13-12+. The summed E-state index contributed by atoms with van der Waals surface area (Å²) < 4.78 is 0. The Morgan fingerprint density at radius 3 is 2.85 bits per heavy atom. The number of nitrogens with one attached hydrogen (secondary N) is 2. The van der Waals surface area contributed by atoms with Crippen LogP contribution in [-0.4, -0.2) is 15.9 Å². The highest BCUT2D eigenvalue weighted by atomic mass is 16.1. The Kier molecular flexibility index (Phi) is 5.15. The second-order valence-corrected chi connectivity index (χ2v) is 6.98. The Hall–Kier alpha value is -3.14. The number of imidazole rings is 1. The molecule has 0 bridgehead atoms. The zero-order valence-corrected chi connectivity index (χ0v) is 15.2. The van der Waals surface area contributed by atoms with Crippen molar-refractivity contribution in [2.45, 2.75) is 31.7 Å². The van der Waals surface area contributed by atoms with E-state index >= 15 is 0 Å². The monoisotopic (exact) mass is 357 g/mol. The molecule has 3 aromatic rings. The maximum absolute atomic E-state index is 12.4. The topological polar surface area (TPSA) is 57.8 Å². The van der Waals surface area contributed by atoms with Gasteiger partial charge >= 0.3 is 0 Å². The van der Waals surface area contributed by atoms with E-state index in [4.69, 9.17) is 0 Å². The van der Waals surface area contributed by atoms with Crippen molar-refractivity contribution < 1.29 is 4.79 Å². The van der Waals surface area contributed by atoms with Gasteiger partial charge in [-0.1, -0.05) is 48.5 Å². The molecule has 136 valence electrons. The quantitative estimate of drug-likeness (QED) is 0.672. The lowest BCUT2D eigenvalue weighted by Gasteiger charge is -2.25. The molecule has 4 rings (SSSR count). The Balaban J connectivity index is 1.36. The van der Waals surface area contributed by atoms with Crippen molar-refractivity contribution in [3.63, 3.8) is 0 Å². The number of aromatic amines is 1. The highest BCUT2D eigenvalue weighted by Gasteiger charge is 2.20. The van der Waals surface area contributed by atoms with Crippen LogP contribution in [0, 0.1) is 0 Å². The van der Waals surface area contributed by atoms with Crippen LogP contribution in [0.25, 0.3) is 6.08 Å². The molecule has 1 unspecified atom stereocenters. The second-order valence-electron chi connectivity index (χ2n) is 6.98. The van der Waals surface area contributed by atoms with Gasteiger partial charge < -0.3 is 10.3 Å². The van der Waals surface area contributed by atoms with Crippen molar-refractivity contribution in [2.75, 3.05) is 0 Å². The van der Waals surface area contributed by atoms with Crippen molar-refractivity contribution in [3.8, 4) is 0 Å². The number of fused-ring (bicyclic) bond motifs is 1. The molecule has 4 nitrogen and oxygen atoms in total. The molecule has 0 aliphatic heterocycles. The lowest BCUT2D eigenvalue weighted by Crippen LogP contribution is -2.29. The molecule has 1 heterocycles. The minimum atomic E-state index is -0.0433. The predicted octanol–water partition coefficient (Wildman–Crippen LogP) is 4.21. The summed E-state index contributed by atoms with van der Waals surface area (Å²) in [5, 5.41) is 3.15. The molecule has 1 amide bonds. The second kappa shape index (κ2) is 8.04. The number of hydrogen-bond donors (Lipinski definition) is 2. The molecule has 4 heteroatoms. The summed E-state index contributed by atoms with van der Waals surface area (Å²) in [4.78, 5) is 19.5. The van der Waals surface area contributed by atoms with Crippen molar-refractivity contribution in [1.82, 2.24) is 15.3 Å². The van der Waals surface area contributed by atoms with Gasteiger partial charge in [-0.2, -0.15) is 0 Å². The summed E-state index contributed by atoms with van der Waals surface area (Å²) in [5.74, 6) is -0.0433. The number of nitrogens with zero attached hydrogens (tertiary/aromatic N) is 1. The van der Waals surface area contributed by atoms with Crippen LogP contribution in [0.15, 0.2) is 67.1 Å². The molecule has 1 aliphatic rings. The summed E-state index contributed by atoms with van der Waals surface area (Å²) in [5.41, 5.74) is 5.92. The largest absolute Gasteiger partial charge is 0.348 e. The van der Waals surface area contributed by atoms with E-state index in [1.54, 1.807) is 12.4 Å². The van der Waals surface area contributed by atoms with Gasteiger partial charge in [0.1, 0.15) is 0 Å². The number of hydrogen-bond acceptors (Lipinski definition) is 2. The van der Waals surface area contributed by atoms with E-state index < -0.39 is 0 Å². The average Bonchev–Trinajstić information content (AvgIpc) is 3.21. The smallest absolute Gasteiger partial charge is 0.244 e. The Labute approximate surface area is 159 Å². The minimum absolute atomic E-state index is 0.0433. The summed E-state index contributed by atoms with van der Waals surface area (Å²) in [6.07, 6.45) is 11.1. The third-order valence-corrected chi connectivity index (χ3v) is 5.04. The molecule has 0 saturated heterocycles. The van der Waals surface area contributed by atoms with Gasteiger partial charge in [-0.05, 0) is 47.6 Å². The summed E-state index contributed by atoms with van der Waals surface area (Å²) in [6.45, 7) is 0. The lowest BCUT2D eigenvalue weighted by atomic mass is 9.88. The highest BCUT2D eigenvalue weighted by molar-refractivity contribution is 5.92. The summed E-state index contributed by atoms with van der Waals surface area (Å²) in [7, 11) is 0. The maximum Gasteiger partial charge on any atom is 0.244 e. The van der Waals surface area contributed by atoms with E-state index in [1.807, 2.05) is 30.5 Å². The van der Waals surface area contributed by atoms with Crippen LogP contribution in [0.5, 0.6) is 0 Å². The van der Waals surface area contributed by atoms with Crippen LogP contribution in [-0.2, 0) is 17.6 Å². The van der Waals surface area contributed by atoms with Crippen LogP contribution < -0.4 is 5.32 Å². The molecular weight excluding hydrogens is 334 g/mol. The zero-order valence-electron chi connectivity index (χ0n) is 15.2. The van der Waals surface area contributed by atoms with E-state index in [0.29, 0.717) is 0 Å². The first-order valence-corrected chi connectivity index (χ1v) is 9.40. The van der Waals surface area contributed by atoms with Gasteiger partial charge in [0.05, 0.1) is 12.4 Å². The number of aryl methyl sites for hydroxylation is 1. The number of carbonyl (C=O) groups excluding carboxylic acids is 1. The van der Waals surface area contributed by atoms with Gasteiger partial charge in [0.25, 0.3) is 0 Å². The molecule has 1 aliphatic carbocycles. The minimum Gasteiger partial charge on any atom is -0.348 e. The molecule has 0 saturated carbocycles. The first kappa shape index (κ1) is 17.3. The normalized spacial score (nSPS) is 16.2. The van der Waals surface area contributed by atoms with Crippen LogP contribution in [0.2, 0.25) is 0 Å². The summed E-state index contributed by atoms with van der Waals surface area (Å²) >= 11 is 0. The lowest BCUT2D eigenvalue weighted by molar-refractivity contribution is -0.117. The molecule has 1 aromatic heterocycles. The fourth-order valence-electron chi connectivity index (χ4n) is 3.64. The Bertz CT molecular complexity index is 927. The Morgan fingerprint density at radius 2 is 2.04 bits per heavy atom. The number of benzene rings is 2. The van der Waals surface area contributed by atoms with E-state index in [-0.39, 0.29) is 11.9 Å². The zero-order chi connectivity index (χ0) is 18.5. The van der Waals surface area contributed by atoms with Crippen molar-refractivity contribution in [2.24, 2.45) is 0 Å². The van der Waals surface area contributed by atoms with Gasteiger partial charge in [-0.25, -0.2) is 4.98 Å². The van der Waals surface area contributed by atoms with E-state index in [2.05, 4.69) is 45.6 Å². The van der Waals surface area contributed by atoms with Crippen LogP contribution in [0.1, 0.15) is 46.8 Å². The molecular formula is C23H23N3O. The number of H-pyrrole nitrogens is 1. The van der Waals surface area contributed by atoms with Crippen LogP contribution in [0.3, 0.4) is 0 Å². The number of carbonyl (C=O) groups is 1. The number of aromatic nitrogens is 2. The van der Waals surface area contributed by atoms with Gasteiger partial charge in [0.15, 0.2) is 0 Å². The summed E-state index contributed by atoms with van der Waals surface area (Å²) in [6, 6.07) is 16.7. The van der Waals surface area contributed by atoms with E-state index in [9.17, 15) is 4.79 Å². The average molecular weight is 357 g/mol. The molecule has 2 aromatic carbocycles. The van der Waals surface area contributed by atoms with Gasteiger partial charge in [0, 0.05) is 24.4 Å². The van der Waals surface area contributed by atoms with Crippen molar-refractivity contribution in [3.05, 3.63) is 95.1 Å². The third-order valence-electron chi connectivity index (χ3n) is 5.04. The number of amides is 1. The fraction of sp³-hybridized carbons (Fsp3) is 0.217. The molecule has 1 atom stereocenters. The highest BCUT2D eigenvalue weighted by Crippen LogP contribution is 2.29. The van der Waals surface area contributed by atoms with Crippen LogP contribution in [0.4, 0.5) is 0 Å². The first-order chi connectivity index (χ1) is 13.3. The van der Waals surface area contributed by atoms with Gasteiger partial charge in [0.2, 0.25) is 5.91 Å². The fourth-order valence-corrected chi connectivity index (χ4v) is 3.64. The molecule has 27 heavy (non-hydrogen) atoms. The molecule has 0 radical (unpaired) electrons. The van der Waals surface area contributed by atoms with Crippen molar-refractivity contribution in [1.29, 1.82) is 0 Å². The van der Waals surface area contributed by atoms with E-state index in [0.717, 1.165) is 36.9 Å². The van der Waals surface area contributed by atoms with Gasteiger partial charge in [-0.15, -0.1) is 0 Å².